The summed E-state index contributed by atoms with van der Waals surface area (Å²) in [5.41, 5.74) is 0.975. The Balaban J connectivity index is 1.98. The first-order chi connectivity index (χ1) is 9.88. The van der Waals surface area contributed by atoms with E-state index in [1.165, 1.54) is 6.07 Å². The summed E-state index contributed by atoms with van der Waals surface area (Å²) < 4.78 is 13.2. The maximum atomic E-state index is 13.2. The summed E-state index contributed by atoms with van der Waals surface area (Å²) in [4.78, 5) is 13.3. The summed E-state index contributed by atoms with van der Waals surface area (Å²) in [5, 5.41) is 3.73. The highest BCUT2D eigenvalue weighted by atomic mass is 35.5. The smallest absolute Gasteiger partial charge is 0.219 e. The van der Waals surface area contributed by atoms with E-state index in [4.69, 9.17) is 11.6 Å². The average Bonchev–Trinajstić information content (AvgIpc) is 2.43. The Kier molecular flexibility index (Phi) is 5.22. The number of hydrogen-bond donors (Lipinski definition) is 1. The number of likely N-dealkylation sites (tertiary alicyclic amines) is 1. The van der Waals surface area contributed by atoms with Gasteiger partial charge in [-0.2, -0.15) is 0 Å². The Labute approximate surface area is 130 Å². The van der Waals surface area contributed by atoms with Crippen LogP contribution in [0.2, 0.25) is 5.02 Å². The van der Waals surface area contributed by atoms with Gasteiger partial charge in [0, 0.05) is 32.1 Å². The largest absolute Gasteiger partial charge is 0.343 e. The molecule has 0 aliphatic carbocycles. The maximum absolute atomic E-state index is 13.2. The summed E-state index contributed by atoms with van der Waals surface area (Å²) >= 11 is 5.84. The lowest BCUT2D eigenvalue weighted by Gasteiger charge is -2.38. The maximum Gasteiger partial charge on any atom is 0.219 e. The minimum absolute atomic E-state index is 0.0967. The van der Waals surface area contributed by atoms with Crippen LogP contribution in [0.15, 0.2) is 18.2 Å². The third-order valence-electron chi connectivity index (χ3n) is 4.26. The number of amides is 1. The molecule has 0 radical (unpaired) electrons. The highest BCUT2D eigenvalue weighted by Crippen LogP contribution is 2.24. The molecular weight excluding hydrogens is 291 g/mol. The van der Waals surface area contributed by atoms with Crippen molar-refractivity contribution in [3.63, 3.8) is 0 Å². The molecule has 2 rings (SSSR count). The first-order valence-corrected chi connectivity index (χ1v) is 7.72. The average molecular weight is 313 g/mol. The molecule has 0 aromatic heterocycles. The van der Waals surface area contributed by atoms with Crippen molar-refractivity contribution in [2.24, 2.45) is 5.92 Å². The highest BCUT2D eigenvalue weighted by Gasteiger charge is 2.28. The number of piperidine rings is 1. The standard InChI is InChI=1S/C16H22ClFN2O/c1-10-9-20(12(3)21)7-6-16(10)19-11(2)13-4-5-15(18)14(17)8-13/h4-5,8,10-11,16,19H,6-7,9H2,1-3H3. The number of rotatable bonds is 3. The van der Waals surface area contributed by atoms with Gasteiger partial charge in [0.1, 0.15) is 5.82 Å². The number of hydrogen-bond acceptors (Lipinski definition) is 2. The highest BCUT2D eigenvalue weighted by molar-refractivity contribution is 6.30. The van der Waals surface area contributed by atoms with Crippen molar-refractivity contribution < 1.29 is 9.18 Å². The van der Waals surface area contributed by atoms with Gasteiger partial charge >= 0.3 is 0 Å². The number of nitrogens with zero attached hydrogens (tertiary/aromatic N) is 1. The molecule has 21 heavy (non-hydrogen) atoms. The normalized spacial score (nSPS) is 24.0. The molecule has 3 atom stereocenters. The fraction of sp³-hybridized carbons (Fsp3) is 0.562. The number of carbonyl (C=O) groups is 1. The van der Waals surface area contributed by atoms with E-state index in [0.29, 0.717) is 12.0 Å². The monoisotopic (exact) mass is 312 g/mol. The second kappa shape index (κ2) is 6.75. The SMILES string of the molecule is CC(=O)N1CCC(NC(C)c2ccc(F)c(Cl)c2)C(C)C1. The van der Waals surface area contributed by atoms with E-state index in [2.05, 4.69) is 12.2 Å². The van der Waals surface area contributed by atoms with Crippen LogP contribution in [0.1, 0.15) is 38.8 Å². The third kappa shape index (κ3) is 3.95. The van der Waals surface area contributed by atoms with Gasteiger partial charge in [0.25, 0.3) is 0 Å². The van der Waals surface area contributed by atoms with Crippen molar-refractivity contribution in [3.8, 4) is 0 Å². The lowest BCUT2D eigenvalue weighted by Crippen LogP contribution is -2.50. The lowest BCUT2D eigenvalue weighted by atomic mass is 9.92. The van der Waals surface area contributed by atoms with Crippen molar-refractivity contribution in [1.82, 2.24) is 10.2 Å². The van der Waals surface area contributed by atoms with Gasteiger partial charge in [-0.1, -0.05) is 24.6 Å². The van der Waals surface area contributed by atoms with E-state index in [1.54, 1.807) is 19.1 Å². The van der Waals surface area contributed by atoms with E-state index >= 15 is 0 Å². The second-order valence-corrected chi connectivity index (χ2v) is 6.31. The third-order valence-corrected chi connectivity index (χ3v) is 4.55. The zero-order valence-electron chi connectivity index (χ0n) is 12.7. The zero-order chi connectivity index (χ0) is 15.6. The van der Waals surface area contributed by atoms with Crippen LogP contribution in [-0.2, 0) is 4.79 Å². The molecule has 1 aliphatic heterocycles. The lowest BCUT2D eigenvalue weighted by molar-refractivity contribution is -0.130. The minimum atomic E-state index is -0.393. The topological polar surface area (TPSA) is 32.3 Å². The molecule has 116 valence electrons. The van der Waals surface area contributed by atoms with Gasteiger partial charge < -0.3 is 10.2 Å². The summed E-state index contributed by atoms with van der Waals surface area (Å²) in [6, 6.07) is 5.27. The van der Waals surface area contributed by atoms with Gasteiger partial charge in [-0.15, -0.1) is 0 Å². The Morgan fingerprint density at radius 2 is 2.24 bits per heavy atom. The summed E-state index contributed by atoms with van der Waals surface area (Å²) in [6.07, 6.45) is 0.931. The van der Waals surface area contributed by atoms with Gasteiger partial charge in [0.05, 0.1) is 5.02 Å². The van der Waals surface area contributed by atoms with E-state index < -0.39 is 5.82 Å². The molecule has 1 heterocycles. The van der Waals surface area contributed by atoms with Crippen LogP contribution in [0.5, 0.6) is 0 Å². The van der Waals surface area contributed by atoms with Crippen LogP contribution < -0.4 is 5.32 Å². The van der Waals surface area contributed by atoms with E-state index in [0.717, 1.165) is 25.1 Å². The van der Waals surface area contributed by atoms with Crippen molar-refractivity contribution in [2.45, 2.75) is 39.3 Å². The second-order valence-electron chi connectivity index (χ2n) is 5.90. The van der Waals surface area contributed by atoms with Crippen molar-refractivity contribution >= 4 is 17.5 Å². The molecule has 1 saturated heterocycles. The number of nitrogens with one attached hydrogen (secondary N) is 1. The van der Waals surface area contributed by atoms with Crippen molar-refractivity contribution in [3.05, 3.63) is 34.6 Å². The van der Waals surface area contributed by atoms with Crippen LogP contribution >= 0.6 is 11.6 Å². The van der Waals surface area contributed by atoms with E-state index in [-0.39, 0.29) is 17.0 Å². The molecule has 0 bridgehead atoms. The Morgan fingerprint density at radius 1 is 1.52 bits per heavy atom. The molecule has 1 fully saturated rings. The van der Waals surface area contributed by atoms with E-state index in [9.17, 15) is 9.18 Å². The van der Waals surface area contributed by atoms with Crippen LogP contribution in [0.25, 0.3) is 0 Å². The Morgan fingerprint density at radius 3 is 2.81 bits per heavy atom. The molecule has 1 aromatic carbocycles. The summed E-state index contributed by atoms with van der Waals surface area (Å²) in [7, 11) is 0. The molecule has 1 aliphatic rings. The fourth-order valence-corrected chi connectivity index (χ4v) is 3.07. The molecule has 3 nitrogen and oxygen atoms in total. The van der Waals surface area contributed by atoms with Crippen molar-refractivity contribution in [2.75, 3.05) is 13.1 Å². The molecule has 1 amide bonds. The summed E-state index contributed by atoms with van der Waals surface area (Å²) in [6.45, 7) is 7.38. The predicted molar refractivity (Wildman–Crippen MR) is 82.8 cm³/mol. The van der Waals surface area contributed by atoms with Crippen LogP contribution in [-0.4, -0.2) is 29.9 Å². The fourth-order valence-electron chi connectivity index (χ4n) is 2.88. The summed E-state index contributed by atoms with van der Waals surface area (Å²) in [5.74, 6) is 0.135. The van der Waals surface area contributed by atoms with Crippen LogP contribution in [0.3, 0.4) is 0 Å². The van der Waals surface area contributed by atoms with Crippen molar-refractivity contribution in [1.29, 1.82) is 0 Å². The number of carbonyl (C=O) groups excluding carboxylic acids is 1. The Bertz CT molecular complexity index is 523. The van der Waals surface area contributed by atoms with Gasteiger partial charge in [0.2, 0.25) is 5.91 Å². The first kappa shape index (κ1) is 16.2. The molecular formula is C16H22ClFN2O. The van der Waals surface area contributed by atoms with Gasteiger partial charge in [-0.25, -0.2) is 4.39 Å². The molecule has 3 unspecified atom stereocenters. The molecule has 1 aromatic rings. The van der Waals surface area contributed by atoms with E-state index in [1.807, 2.05) is 11.8 Å². The quantitative estimate of drug-likeness (QED) is 0.928. The molecule has 0 spiro atoms. The van der Waals surface area contributed by atoms with Gasteiger partial charge in [0.15, 0.2) is 0 Å². The van der Waals surface area contributed by atoms with Gasteiger partial charge in [-0.3, -0.25) is 4.79 Å². The molecule has 5 heteroatoms. The first-order valence-electron chi connectivity index (χ1n) is 7.35. The molecule has 0 saturated carbocycles. The molecule has 1 N–H and O–H groups in total. The minimum Gasteiger partial charge on any atom is -0.343 e. The van der Waals surface area contributed by atoms with Crippen LogP contribution in [0, 0.1) is 11.7 Å². The van der Waals surface area contributed by atoms with Gasteiger partial charge in [-0.05, 0) is 37.0 Å². The zero-order valence-corrected chi connectivity index (χ0v) is 13.5. The number of benzene rings is 1. The number of halogens is 2. The Hall–Kier alpha value is -1.13. The predicted octanol–water partition coefficient (Wildman–Crippen LogP) is 3.39. The van der Waals surface area contributed by atoms with Crippen LogP contribution in [0.4, 0.5) is 4.39 Å².